The lowest BCUT2D eigenvalue weighted by Crippen LogP contribution is -2.30. The van der Waals surface area contributed by atoms with Gasteiger partial charge in [0.2, 0.25) is 12.2 Å². The lowest BCUT2D eigenvalue weighted by Gasteiger charge is -2.26. The molecule has 2 aliphatic heterocycles. The molecular formula is C41H42N2O10S3-2. The maximum absolute atomic E-state index is 13.2. The van der Waals surface area contributed by atoms with Crippen molar-refractivity contribution in [1.82, 2.24) is 0 Å². The van der Waals surface area contributed by atoms with Crippen LogP contribution in [0.2, 0.25) is 0 Å². The molecule has 2 aliphatic rings. The summed E-state index contributed by atoms with van der Waals surface area (Å²) in [5.41, 5.74) is 3.38. The summed E-state index contributed by atoms with van der Waals surface area (Å²) in [6.45, 7) is 15.6. The number of carbonyl (C=O) groups excluding carboxylic acids is 1. The van der Waals surface area contributed by atoms with Crippen LogP contribution >= 0.6 is 0 Å². The van der Waals surface area contributed by atoms with Gasteiger partial charge in [-0.3, -0.25) is 4.79 Å². The normalized spacial score (nSPS) is 17.7. The van der Waals surface area contributed by atoms with Crippen LogP contribution in [0.1, 0.15) is 65.2 Å². The number of allylic oxidation sites excluding steroid dienone is 6. The molecule has 2 heterocycles. The van der Waals surface area contributed by atoms with Crippen molar-refractivity contribution in [2.75, 3.05) is 18.0 Å². The topological polar surface area (TPSA) is 195 Å². The fraction of sp³-hybridized carbons (Fsp3) is 0.317. The second kappa shape index (κ2) is 13.9. The van der Waals surface area contributed by atoms with Crippen LogP contribution in [0.3, 0.4) is 0 Å². The van der Waals surface area contributed by atoms with E-state index >= 15 is 0 Å². The van der Waals surface area contributed by atoms with E-state index in [1.807, 2.05) is 94.4 Å². The third kappa shape index (κ3) is 6.94. The monoisotopic (exact) mass is 818 g/mol. The van der Waals surface area contributed by atoms with Crippen molar-refractivity contribution in [3.05, 3.63) is 101 Å². The molecule has 15 heteroatoms. The first-order valence-corrected chi connectivity index (χ1v) is 22.1. The van der Waals surface area contributed by atoms with E-state index in [1.165, 1.54) is 18.2 Å². The minimum absolute atomic E-state index is 0.00199. The third-order valence-corrected chi connectivity index (χ3v) is 13.4. The zero-order chi connectivity index (χ0) is 41.5. The Kier molecular flexibility index (Phi) is 10.2. The number of Topliss-reactive ketones (excluding diaryl/α,β-unsaturated/α-hetero) is 1. The summed E-state index contributed by atoms with van der Waals surface area (Å²) in [6.07, 6.45) is 9.21. The molecule has 0 bridgehead atoms. The Hall–Kier alpha value is -4.51. The Morgan fingerprint density at radius 1 is 0.750 bits per heavy atom. The summed E-state index contributed by atoms with van der Waals surface area (Å²) in [6, 6.07) is 11.4. The molecule has 56 heavy (non-hydrogen) atoms. The zero-order valence-corrected chi connectivity index (χ0v) is 34.6. The number of benzene rings is 4. The SMILES string of the molecule is CCN1C(=CC=CC=CC2=[N+](CC(=O)C(C)C)c3ccc4c(C)cc(S(=O)(=O)[O-])cc4c3C2(C)C)C(C)(C)c2c1ccc1c(S(=O)(=O)[O-])cc(S(=O)(=O)[O-])cc21. The van der Waals surface area contributed by atoms with Gasteiger partial charge in [-0.2, -0.15) is 4.58 Å². The Morgan fingerprint density at radius 3 is 1.91 bits per heavy atom. The number of fused-ring (bicyclic) bond motifs is 6. The highest BCUT2D eigenvalue weighted by atomic mass is 32.2. The number of hydrogen-bond donors (Lipinski definition) is 0. The average molecular weight is 819 g/mol. The number of anilines is 1. The second-order valence-corrected chi connectivity index (χ2v) is 19.6. The van der Waals surface area contributed by atoms with Crippen LogP contribution in [0.4, 0.5) is 11.4 Å². The van der Waals surface area contributed by atoms with Gasteiger partial charge in [0.25, 0.3) is 0 Å². The fourth-order valence-corrected chi connectivity index (χ4v) is 10.1. The Morgan fingerprint density at radius 2 is 1.34 bits per heavy atom. The van der Waals surface area contributed by atoms with Gasteiger partial charge in [-0.05, 0) is 103 Å². The number of likely N-dealkylation sites (N-methyl/N-ethyl adjacent to an activating group) is 1. The van der Waals surface area contributed by atoms with Crippen molar-refractivity contribution in [3.63, 3.8) is 0 Å². The fourth-order valence-electron chi connectivity index (χ4n) is 8.19. The van der Waals surface area contributed by atoms with E-state index in [2.05, 4.69) is 0 Å². The largest absolute Gasteiger partial charge is 0.744 e. The predicted octanol–water partition coefficient (Wildman–Crippen LogP) is 6.43. The quantitative estimate of drug-likeness (QED) is 0.0972. The highest BCUT2D eigenvalue weighted by Gasteiger charge is 2.46. The molecule has 4 aromatic carbocycles. The van der Waals surface area contributed by atoms with Gasteiger partial charge in [-0.25, -0.2) is 25.3 Å². The van der Waals surface area contributed by atoms with Crippen molar-refractivity contribution < 1.29 is 48.3 Å². The van der Waals surface area contributed by atoms with Gasteiger partial charge in [0.1, 0.15) is 30.4 Å². The number of aryl methyl sites for hydroxylation is 1. The first-order valence-electron chi connectivity index (χ1n) is 17.9. The first kappa shape index (κ1) is 41.1. The van der Waals surface area contributed by atoms with Gasteiger partial charge in [-0.15, -0.1) is 0 Å². The molecule has 0 radical (unpaired) electrons. The van der Waals surface area contributed by atoms with Gasteiger partial charge in [0.15, 0.2) is 11.5 Å². The molecule has 0 atom stereocenters. The lowest BCUT2D eigenvalue weighted by molar-refractivity contribution is -0.425. The molecule has 0 fully saturated rings. The Balaban J connectivity index is 1.45. The van der Waals surface area contributed by atoms with E-state index < -0.39 is 51.0 Å². The van der Waals surface area contributed by atoms with E-state index in [-0.39, 0.29) is 33.9 Å². The van der Waals surface area contributed by atoms with E-state index in [1.54, 1.807) is 19.1 Å². The number of hydrogen-bond acceptors (Lipinski definition) is 11. The summed E-state index contributed by atoms with van der Waals surface area (Å²) in [5.74, 6) is -0.244. The molecule has 0 saturated heterocycles. The molecule has 0 aromatic heterocycles. The molecule has 6 rings (SSSR count). The molecule has 12 nitrogen and oxygen atoms in total. The number of ketones is 1. The van der Waals surface area contributed by atoms with Gasteiger partial charge in [-0.1, -0.05) is 52.0 Å². The molecule has 0 N–H and O–H groups in total. The second-order valence-electron chi connectivity index (χ2n) is 15.5. The van der Waals surface area contributed by atoms with Crippen LogP contribution in [0.5, 0.6) is 0 Å². The average Bonchev–Trinajstić information content (AvgIpc) is 3.44. The molecule has 0 spiro atoms. The third-order valence-electron chi connectivity index (χ3n) is 10.9. The molecule has 0 saturated carbocycles. The van der Waals surface area contributed by atoms with Crippen LogP contribution in [0, 0.1) is 12.8 Å². The molecule has 0 amide bonds. The van der Waals surface area contributed by atoms with Crippen LogP contribution in [0.25, 0.3) is 21.5 Å². The summed E-state index contributed by atoms with van der Waals surface area (Å²) in [4.78, 5) is 13.3. The lowest BCUT2D eigenvalue weighted by atomic mass is 9.78. The van der Waals surface area contributed by atoms with Crippen molar-refractivity contribution in [2.45, 2.75) is 80.9 Å². The molecular weight excluding hydrogens is 777 g/mol. The molecule has 4 aromatic rings. The van der Waals surface area contributed by atoms with Gasteiger partial charge in [0.05, 0.1) is 20.1 Å². The van der Waals surface area contributed by atoms with Crippen molar-refractivity contribution >= 4 is 74.8 Å². The van der Waals surface area contributed by atoms with E-state index in [4.69, 9.17) is 0 Å². The highest BCUT2D eigenvalue weighted by Crippen LogP contribution is 2.52. The van der Waals surface area contributed by atoms with Crippen LogP contribution in [0.15, 0.2) is 99.3 Å². The van der Waals surface area contributed by atoms with Crippen LogP contribution in [-0.4, -0.2) is 68.1 Å². The maximum atomic E-state index is 13.2. The van der Waals surface area contributed by atoms with E-state index in [9.17, 15) is 43.7 Å². The standard InChI is InChI=1S/C41H44N2O10S3/c1-9-42-32-18-16-29-31(21-27(55(48,49)50)22-35(29)56(51,52)53)39(32)40(5,6)36(42)13-11-10-12-14-37-41(7,8)38-30-20-26(54(45,46)47)19-25(4)28(30)15-17-33(38)43(37)23-34(44)24(2)3/h10-22,24H,9,23H2,1-8H3,(H2-,45,46,47,48,49,50,51,52,53)/p-2. The van der Waals surface area contributed by atoms with Crippen molar-refractivity contribution in [2.24, 2.45) is 5.92 Å². The van der Waals surface area contributed by atoms with E-state index in [0.717, 1.165) is 34.1 Å². The summed E-state index contributed by atoms with van der Waals surface area (Å²) < 4.78 is 111. The number of rotatable bonds is 10. The Labute approximate surface area is 327 Å². The molecule has 296 valence electrons. The Bertz CT molecular complexity index is 2850. The maximum Gasteiger partial charge on any atom is 0.210 e. The number of nitrogens with zero attached hydrogens (tertiary/aromatic N) is 2. The summed E-state index contributed by atoms with van der Waals surface area (Å²) >= 11 is 0. The first-order chi connectivity index (χ1) is 25.8. The molecule has 0 unspecified atom stereocenters. The smallest absolute Gasteiger partial charge is 0.210 e. The zero-order valence-electron chi connectivity index (χ0n) is 32.2. The van der Waals surface area contributed by atoms with Crippen molar-refractivity contribution in [1.29, 1.82) is 0 Å². The van der Waals surface area contributed by atoms with Gasteiger partial charge >= 0.3 is 0 Å². The van der Waals surface area contributed by atoms with Crippen LogP contribution < -0.4 is 4.90 Å². The van der Waals surface area contributed by atoms with Gasteiger partial charge in [0, 0.05) is 47.0 Å². The predicted molar refractivity (Wildman–Crippen MR) is 212 cm³/mol. The van der Waals surface area contributed by atoms with Crippen LogP contribution in [-0.2, 0) is 46.0 Å². The number of carbonyl (C=O) groups is 1. The highest BCUT2D eigenvalue weighted by molar-refractivity contribution is 7.86. The van der Waals surface area contributed by atoms with Crippen molar-refractivity contribution in [3.8, 4) is 0 Å². The summed E-state index contributed by atoms with van der Waals surface area (Å²) in [7, 11) is -15.0. The minimum atomic E-state index is -5.15. The van der Waals surface area contributed by atoms with Gasteiger partial charge < -0.3 is 18.6 Å². The summed E-state index contributed by atoms with van der Waals surface area (Å²) in [5, 5.41) is 1.59. The molecule has 0 aliphatic carbocycles. The minimum Gasteiger partial charge on any atom is -0.744 e. The van der Waals surface area contributed by atoms with E-state index in [0.29, 0.717) is 34.8 Å².